The topological polar surface area (TPSA) is 63.9 Å². The molecule has 0 unspecified atom stereocenters. The minimum absolute atomic E-state index is 0.0115. The molecule has 2 atom stereocenters. The van der Waals surface area contributed by atoms with Crippen molar-refractivity contribution in [2.45, 2.75) is 18.6 Å². The van der Waals surface area contributed by atoms with Gasteiger partial charge in [-0.1, -0.05) is 0 Å². The number of furan rings is 1. The Morgan fingerprint density at radius 1 is 1.55 bits per heavy atom. The fourth-order valence-corrected chi connectivity index (χ4v) is 2.09. The fourth-order valence-electron chi connectivity index (χ4n) is 2.09. The molecule has 20 heavy (non-hydrogen) atoms. The Labute approximate surface area is 119 Å². The summed E-state index contributed by atoms with van der Waals surface area (Å²) in [5, 5.41) is 2.91. The molecule has 0 aromatic carbocycles. The molecule has 1 amide bonds. The van der Waals surface area contributed by atoms with Crippen molar-refractivity contribution in [1.82, 2.24) is 10.2 Å². The zero-order valence-corrected chi connectivity index (χ0v) is 12.0. The van der Waals surface area contributed by atoms with Crippen molar-refractivity contribution in [3.63, 3.8) is 0 Å². The van der Waals surface area contributed by atoms with Gasteiger partial charge in [0.05, 0.1) is 31.6 Å². The van der Waals surface area contributed by atoms with Gasteiger partial charge in [-0.3, -0.25) is 4.79 Å². The minimum Gasteiger partial charge on any atom is -0.459 e. The lowest BCUT2D eigenvalue weighted by atomic mass is 10.1. The molecule has 6 nitrogen and oxygen atoms in total. The molecule has 2 rings (SSSR count). The van der Waals surface area contributed by atoms with Gasteiger partial charge in [0.1, 0.15) is 0 Å². The van der Waals surface area contributed by atoms with Gasteiger partial charge in [-0.2, -0.15) is 0 Å². The van der Waals surface area contributed by atoms with Gasteiger partial charge in [-0.05, 0) is 32.6 Å². The van der Waals surface area contributed by atoms with Crippen LogP contribution in [0.25, 0.3) is 0 Å². The van der Waals surface area contributed by atoms with E-state index in [2.05, 4.69) is 10.2 Å². The Morgan fingerprint density at radius 2 is 2.40 bits per heavy atom. The average Bonchev–Trinajstić information content (AvgIpc) is 2.94. The largest absolute Gasteiger partial charge is 0.459 e. The second-order valence-corrected chi connectivity index (χ2v) is 5.13. The second kappa shape index (κ2) is 7.42. The Hall–Kier alpha value is -1.37. The van der Waals surface area contributed by atoms with Crippen LogP contribution in [0.15, 0.2) is 22.8 Å². The van der Waals surface area contributed by atoms with E-state index in [1.54, 1.807) is 12.1 Å². The van der Waals surface area contributed by atoms with Crippen LogP contribution >= 0.6 is 0 Å². The number of carbonyl (C=O) groups excluding carboxylic acids is 1. The van der Waals surface area contributed by atoms with E-state index in [1.807, 2.05) is 14.1 Å². The van der Waals surface area contributed by atoms with Crippen LogP contribution in [-0.4, -0.2) is 63.4 Å². The molecule has 6 heteroatoms. The molecule has 0 bridgehead atoms. The Bertz CT molecular complexity index is 405. The maximum Gasteiger partial charge on any atom is 0.287 e. The van der Waals surface area contributed by atoms with Crippen molar-refractivity contribution in [3.05, 3.63) is 24.2 Å². The van der Waals surface area contributed by atoms with Gasteiger partial charge in [0.15, 0.2) is 5.76 Å². The third-order valence-corrected chi connectivity index (χ3v) is 3.22. The summed E-state index contributed by atoms with van der Waals surface area (Å²) in [7, 11) is 4.01. The second-order valence-electron chi connectivity index (χ2n) is 5.13. The van der Waals surface area contributed by atoms with Gasteiger partial charge in [0, 0.05) is 13.2 Å². The van der Waals surface area contributed by atoms with Crippen LogP contribution in [0.5, 0.6) is 0 Å². The Kier molecular flexibility index (Phi) is 5.58. The van der Waals surface area contributed by atoms with Gasteiger partial charge < -0.3 is 24.1 Å². The number of nitrogens with zero attached hydrogens (tertiary/aromatic N) is 1. The molecule has 0 saturated carbocycles. The predicted molar refractivity (Wildman–Crippen MR) is 73.7 cm³/mol. The normalized spacial score (nSPS) is 22.9. The molecule has 1 fully saturated rings. The zero-order chi connectivity index (χ0) is 14.4. The summed E-state index contributed by atoms with van der Waals surface area (Å²) in [5.41, 5.74) is 0. The number of ether oxygens (including phenoxy) is 2. The first-order valence-electron chi connectivity index (χ1n) is 6.85. The standard InChI is InChI=1S/C14H22N2O4/c1-16(2)6-9-20-12-5-8-18-10-11(12)15-14(17)13-4-3-7-19-13/h3-4,7,11-12H,5-6,8-10H2,1-2H3,(H,15,17)/t11-,12+/m0/s1. The summed E-state index contributed by atoms with van der Waals surface area (Å²) in [4.78, 5) is 14.0. The Morgan fingerprint density at radius 3 is 3.10 bits per heavy atom. The lowest BCUT2D eigenvalue weighted by molar-refractivity contribution is -0.0563. The molecule has 1 aliphatic rings. The van der Waals surface area contributed by atoms with Crippen LogP contribution in [0.4, 0.5) is 0 Å². The summed E-state index contributed by atoms with van der Waals surface area (Å²) in [6, 6.07) is 3.20. The maximum absolute atomic E-state index is 12.0. The van der Waals surface area contributed by atoms with E-state index in [9.17, 15) is 4.79 Å². The van der Waals surface area contributed by atoms with Crippen molar-refractivity contribution in [1.29, 1.82) is 0 Å². The van der Waals surface area contributed by atoms with E-state index in [4.69, 9.17) is 13.9 Å². The number of rotatable bonds is 6. The molecular weight excluding hydrogens is 260 g/mol. The first-order chi connectivity index (χ1) is 9.66. The highest BCUT2D eigenvalue weighted by Gasteiger charge is 2.28. The van der Waals surface area contributed by atoms with E-state index in [1.165, 1.54) is 6.26 Å². The number of nitrogens with one attached hydrogen (secondary N) is 1. The summed E-state index contributed by atoms with van der Waals surface area (Å²) in [5.74, 6) is 0.0781. The Balaban J connectivity index is 1.85. The highest BCUT2D eigenvalue weighted by Crippen LogP contribution is 2.13. The zero-order valence-electron chi connectivity index (χ0n) is 12.0. The molecule has 1 N–H and O–H groups in total. The molecule has 2 heterocycles. The number of hydrogen-bond donors (Lipinski definition) is 1. The van der Waals surface area contributed by atoms with Gasteiger partial charge in [-0.25, -0.2) is 0 Å². The molecular formula is C14H22N2O4. The van der Waals surface area contributed by atoms with Crippen LogP contribution < -0.4 is 5.32 Å². The van der Waals surface area contributed by atoms with Crippen LogP contribution in [0, 0.1) is 0 Å². The fraction of sp³-hybridized carbons (Fsp3) is 0.643. The molecule has 0 aliphatic carbocycles. The monoisotopic (exact) mass is 282 g/mol. The third-order valence-electron chi connectivity index (χ3n) is 3.22. The first-order valence-corrected chi connectivity index (χ1v) is 6.85. The van der Waals surface area contributed by atoms with Gasteiger partial charge in [0.25, 0.3) is 5.91 Å². The number of carbonyl (C=O) groups is 1. The number of amides is 1. The van der Waals surface area contributed by atoms with Crippen LogP contribution in [0.2, 0.25) is 0 Å². The van der Waals surface area contributed by atoms with E-state index < -0.39 is 0 Å². The van der Waals surface area contributed by atoms with Crippen LogP contribution in [0.1, 0.15) is 17.0 Å². The van der Waals surface area contributed by atoms with E-state index in [-0.39, 0.29) is 18.1 Å². The van der Waals surface area contributed by atoms with E-state index in [0.717, 1.165) is 13.0 Å². The number of hydrogen-bond acceptors (Lipinski definition) is 5. The van der Waals surface area contributed by atoms with Crippen molar-refractivity contribution in [3.8, 4) is 0 Å². The quantitative estimate of drug-likeness (QED) is 0.834. The van der Waals surface area contributed by atoms with Crippen molar-refractivity contribution in [2.24, 2.45) is 0 Å². The van der Waals surface area contributed by atoms with Crippen molar-refractivity contribution < 1.29 is 18.7 Å². The summed E-state index contributed by atoms with van der Waals surface area (Å²) in [6.07, 6.45) is 2.26. The third kappa shape index (κ3) is 4.33. The van der Waals surface area contributed by atoms with Crippen molar-refractivity contribution in [2.75, 3.05) is 40.5 Å². The van der Waals surface area contributed by atoms with Gasteiger partial charge >= 0.3 is 0 Å². The molecule has 0 spiro atoms. The maximum atomic E-state index is 12.0. The van der Waals surface area contributed by atoms with Crippen LogP contribution in [-0.2, 0) is 9.47 Å². The van der Waals surface area contributed by atoms with Gasteiger partial charge in [0.2, 0.25) is 0 Å². The molecule has 0 radical (unpaired) electrons. The SMILES string of the molecule is CN(C)CCO[C@@H]1CCOC[C@@H]1NC(=O)c1ccco1. The summed E-state index contributed by atoms with van der Waals surface area (Å²) < 4.78 is 16.4. The van der Waals surface area contributed by atoms with E-state index >= 15 is 0 Å². The predicted octanol–water partition coefficient (Wildman–Crippen LogP) is 0.745. The lowest BCUT2D eigenvalue weighted by Gasteiger charge is -2.32. The molecule has 1 aliphatic heterocycles. The molecule has 112 valence electrons. The highest BCUT2D eigenvalue weighted by molar-refractivity contribution is 5.91. The first kappa shape index (κ1) is 15.0. The van der Waals surface area contributed by atoms with Crippen LogP contribution in [0.3, 0.4) is 0 Å². The summed E-state index contributed by atoms with van der Waals surface area (Å²) >= 11 is 0. The van der Waals surface area contributed by atoms with Crippen molar-refractivity contribution >= 4 is 5.91 Å². The minimum atomic E-state index is -0.230. The average molecular weight is 282 g/mol. The van der Waals surface area contributed by atoms with Gasteiger partial charge in [-0.15, -0.1) is 0 Å². The molecule has 1 aromatic rings. The lowest BCUT2D eigenvalue weighted by Crippen LogP contribution is -2.50. The molecule has 1 aromatic heterocycles. The van der Waals surface area contributed by atoms with E-state index in [0.29, 0.717) is 25.6 Å². The smallest absolute Gasteiger partial charge is 0.287 e. The summed E-state index contributed by atoms with van der Waals surface area (Å²) in [6.45, 7) is 2.64. The number of likely N-dealkylation sites (N-methyl/N-ethyl adjacent to an activating group) is 1. The molecule has 1 saturated heterocycles. The highest BCUT2D eigenvalue weighted by atomic mass is 16.5.